The van der Waals surface area contributed by atoms with Crippen LogP contribution in [0.3, 0.4) is 0 Å². The molecule has 0 bridgehead atoms. The van der Waals surface area contributed by atoms with E-state index in [1.54, 1.807) is 6.92 Å². The lowest BCUT2D eigenvalue weighted by Crippen LogP contribution is -2.27. The number of ketones is 1. The van der Waals surface area contributed by atoms with Crippen LogP contribution in [0.4, 0.5) is 0 Å². The maximum atomic E-state index is 11.8. The number of rotatable bonds is 7. The van der Waals surface area contributed by atoms with Gasteiger partial charge in [-0.3, -0.25) is 4.79 Å². The van der Waals surface area contributed by atoms with Gasteiger partial charge in [0, 0.05) is 6.42 Å². The summed E-state index contributed by atoms with van der Waals surface area (Å²) in [7, 11) is 0. The van der Waals surface area contributed by atoms with Crippen LogP contribution in [-0.2, 0) is 16.1 Å². The normalized spacial score (nSPS) is 14.5. The van der Waals surface area contributed by atoms with Gasteiger partial charge in [-0.05, 0) is 18.4 Å². The van der Waals surface area contributed by atoms with Crippen molar-refractivity contribution in [2.45, 2.75) is 46.0 Å². The molecular formula is C15H22O3. The molecule has 0 saturated carbocycles. The first kappa shape index (κ1) is 14.9. The summed E-state index contributed by atoms with van der Waals surface area (Å²) in [6.07, 6.45) is -0.896. The zero-order chi connectivity index (χ0) is 13.5. The third-order valence-electron chi connectivity index (χ3n) is 2.98. The van der Waals surface area contributed by atoms with Gasteiger partial charge in [-0.15, -0.1) is 0 Å². The zero-order valence-electron chi connectivity index (χ0n) is 11.3. The van der Waals surface area contributed by atoms with Crippen molar-refractivity contribution in [3.63, 3.8) is 0 Å². The summed E-state index contributed by atoms with van der Waals surface area (Å²) in [5.41, 5.74) is 1.04. The SMILES string of the molecule is CC(C)[C@@H](O)CC(=O)[C@H](C)OCc1ccccc1. The molecule has 0 unspecified atom stereocenters. The highest BCUT2D eigenvalue weighted by Crippen LogP contribution is 2.10. The minimum absolute atomic E-state index is 0.0490. The van der Waals surface area contributed by atoms with Crippen molar-refractivity contribution in [1.82, 2.24) is 0 Å². The molecule has 0 amide bonds. The van der Waals surface area contributed by atoms with Crippen LogP contribution in [-0.4, -0.2) is 23.1 Å². The van der Waals surface area contributed by atoms with E-state index in [0.29, 0.717) is 6.61 Å². The third kappa shape index (κ3) is 4.98. The summed E-state index contributed by atoms with van der Waals surface area (Å²) in [4.78, 5) is 11.8. The van der Waals surface area contributed by atoms with E-state index in [9.17, 15) is 9.90 Å². The Bertz CT molecular complexity index is 359. The van der Waals surface area contributed by atoms with Gasteiger partial charge < -0.3 is 9.84 Å². The number of ether oxygens (including phenoxy) is 1. The Hall–Kier alpha value is -1.19. The fourth-order valence-electron chi connectivity index (χ4n) is 1.50. The molecule has 1 N–H and O–H groups in total. The molecule has 0 saturated heterocycles. The van der Waals surface area contributed by atoms with Crippen LogP contribution >= 0.6 is 0 Å². The standard InChI is InChI=1S/C15H22O3/c1-11(2)14(16)9-15(17)12(3)18-10-13-7-5-4-6-8-13/h4-8,11-12,14,16H,9-10H2,1-3H3/t12-,14-/m0/s1. The maximum absolute atomic E-state index is 11.8. The molecule has 2 atom stereocenters. The fraction of sp³-hybridized carbons (Fsp3) is 0.533. The largest absolute Gasteiger partial charge is 0.392 e. The number of hydrogen-bond acceptors (Lipinski definition) is 3. The second-order valence-electron chi connectivity index (χ2n) is 4.92. The average Bonchev–Trinajstić information content (AvgIpc) is 2.36. The minimum atomic E-state index is -0.583. The summed E-state index contributed by atoms with van der Waals surface area (Å²) in [5.74, 6) is 0.0439. The number of benzene rings is 1. The van der Waals surface area contributed by atoms with Crippen LogP contribution in [0.25, 0.3) is 0 Å². The van der Waals surface area contributed by atoms with Crippen LogP contribution in [0.15, 0.2) is 30.3 Å². The van der Waals surface area contributed by atoms with Gasteiger partial charge in [0.25, 0.3) is 0 Å². The molecule has 1 aromatic rings. The summed E-state index contributed by atoms with van der Waals surface area (Å²) in [6.45, 7) is 5.95. The predicted molar refractivity (Wildman–Crippen MR) is 71.2 cm³/mol. The second kappa shape index (κ2) is 7.29. The van der Waals surface area contributed by atoms with Gasteiger partial charge in [-0.1, -0.05) is 44.2 Å². The van der Waals surface area contributed by atoms with Crippen molar-refractivity contribution in [3.8, 4) is 0 Å². The molecule has 0 aliphatic carbocycles. The van der Waals surface area contributed by atoms with Crippen molar-refractivity contribution < 1.29 is 14.6 Å². The molecule has 1 rings (SSSR count). The number of aliphatic hydroxyl groups excluding tert-OH is 1. The molecular weight excluding hydrogens is 228 g/mol. The highest BCUT2D eigenvalue weighted by molar-refractivity contribution is 5.83. The highest BCUT2D eigenvalue weighted by atomic mass is 16.5. The van der Waals surface area contributed by atoms with Gasteiger partial charge in [0.1, 0.15) is 6.10 Å². The van der Waals surface area contributed by atoms with E-state index in [1.165, 1.54) is 0 Å². The predicted octanol–water partition coefficient (Wildman–Crippen LogP) is 2.57. The van der Waals surface area contributed by atoms with Crippen LogP contribution < -0.4 is 0 Å². The zero-order valence-corrected chi connectivity index (χ0v) is 11.3. The molecule has 0 spiro atoms. The second-order valence-corrected chi connectivity index (χ2v) is 4.92. The molecule has 0 fully saturated rings. The Morgan fingerprint density at radius 1 is 1.22 bits per heavy atom. The Labute approximate surface area is 109 Å². The molecule has 1 aromatic carbocycles. The van der Waals surface area contributed by atoms with E-state index in [2.05, 4.69) is 0 Å². The Morgan fingerprint density at radius 3 is 2.39 bits per heavy atom. The first-order valence-electron chi connectivity index (χ1n) is 6.37. The summed E-state index contributed by atoms with van der Waals surface area (Å²) in [6, 6.07) is 9.73. The topological polar surface area (TPSA) is 46.5 Å². The summed E-state index contributed by atoms with van der Waals surface area (Å²) >= 11 is 0. The van der Waals surface area contributed by atoms with Gasteiger partial charge in [0.15, 0.2) is 5.78 Å². The number of hydrogen-bond donors (Lipinski definition) is 1. The fourth-order valence-corrected chi connectivity index (χ4v) is 1.50. The lowest BCUT2D eigenvalue weighted by Gasteiger charge is -2.17. The lowest BCUT2D eigenvalue weighted by atomic mass is 10.00. The highest BCUT2D eigenvalue weighted by Gasteiger charge is 2.19. The molecule has 18 heavy (non-hydrogen) atoms. The quantitative estimate of drug-likeness (QED) is 0.809. The van der Waals surface area contributed by atoms with Gasteiger partial charge in [-0.25, -0.2) is 0 Å². The molecule has 100 valence electrons. The van der Waals surface area contributed by atoms with Gasteiger partial charge in [-0.2, -0.15) is 0 Å². The average molecular weight is 250 g/mol. The smallest absolute Gasteiger partial charge is 0.163 e. The maximum Gasteiger partial charge on any atom is 0.163 e. The molecule has 0 heterocycles. The third-order valence-corrected chi connectivity index (χ3v) is 2.98. The van der Waals surface area contributed by atoms with Crippen molar-refractivity contribution in [1.29, 1.82) is 0 Å². The van der Waals surface area contributed by atoms with E-state index in [4.69, 9.17) is 4.74 Å². The molecule has 0 aromatic heterocycles. The number of carbonyl (C=O) groups is 1. The summed E-state index contributed by atoms with van der Waals surface area (Å²) < 4.78 is 5.51. The first-order chi connectivity index (χ1) is 8.50. The Kier molecular flexibility index (Phi) is 6.02. The van der Waals surface area contributed by atoms with Gasteiger partial charge in [0.05, 0.1) is 12.7 Å². The van der Waals surface area contributed by atoms with Gasteiger partial charge >= 0.3 is 0 Å². The van der Waals surface area contributed by atoms with E-state index in [1.807, 2.05) is 44.2 Å². The Balaban J connectivity index is 2.36. The van der Waals surface area contributed by atoms with E-state index >= 15 is 0 Å². The monoisotopic (exact) mass is 250 g/mol. The van der Waals surface area contributed by atoms with Crippen molar-refractivity contribution in [2.24, 2.45) is 5.92 Å². The molecule has 3 nitrogen and oxygen atoms in total. The number of carbonyl (C=O) groups excluding carboxylic acids is 1. The van der Waals surface area contributed by atoms with Crippen LogP contribution in [0, 0.1) is 5.92 Å². The van der Waals surface area contributed by atoms with Crippen LogP contribution in [0.2, 0.25) is 0 Å². The molecule has 0 radical (unpaired) electrons. The van der Waals surface area contributed by atoms with E-state index < -0.39 is 12.2 Å². The summed E-state index contributed by atoms with van der Waals surface area (Å²) in [5, 5.41) is 9.65. The molecule has 3 heteroatoms. The minimum Gasteiger partial charge on any atom is -0.392 e. The first-order valence-corrected chi connectivity index (χ1v) is 6.37. The van der Waals surface area contributed by atoms with Crippen molar-refractivity contribution >= 4 is 5.78 Å². The van der Waals surface area contributed by atoms with E-state index in [-0.39, 0.29) is 18.1 Å². The lowest BCUT2D eigenvalue weighted by molar-refractivity contribution is -0.132. The van der Waals surface area contributed by atoms with Crippen LogP contribution in [0.5, 0.6) is 0 Å². The molecule has 0 aliphatic heterocycles. The number of aliphatic hydroxyl groups is 1. The van der Waals surface area contributed by atoms with E-state index in [0.717, 1.165) is 5.56 Å². The van der Waals surface area contributed by atoms with Crippen LogP contribution in [0.1, 0.15) is 32.8 Å². The molecule has 0 aliphatic rings. The number of Topliss-reactive ketones (excluding diaryl/α,β-unsaturated/α-hetero) is 1. The Morgan fingerprint density at radius 2 is 1.83 bits per heavy atom. The van der Waals surface area contributed by atoms with Crippen molar-refractivity contribution in [3.05, 3.63) is 35.9 Å². The van der Waals surface area contributed by atoms with Crippen molar-refractivity contribution in [2.75, 3.05) is 0 Å². The van der Waals surface area contributed by atoms with Gasteiger partial charge in [0.2, 0.25) is 0 Å².